The molecule has 0 saturated carbocycles. The smallest absolute Gasteiger partial charge is 0.252 e. The van der Waals surface area contributed by atoms with Gasteiger partial charge < -0.3 is 16.0 Å². The Balaban J connectivity index is 1.79. The van der Waals surface area contributed by atoms with E-state index in [1.165, 1.54) is 0 Å². The van der Waals surface area contributed by atoms with Gasteiger partial charge in [0, 0.05) is 17.8 Å². The van der Waals surface area contributed by atoms with Crippen molar-refractivity contribution >= 4 is 34.8 Å². The lowest BCUT2D eigenvalue weighted by molar-refractivity contribution is -0.121. The van der Waals surface area contributed by atoms with Crippen LogP contribution in [0, 0.1) is 6.92 Å². The van der Waals surface area contributed by atoms with Gasteiger partial charge in [-0.3, -0.25) is 9.59 Å². The predicted molar refractivity (Wildman–Crippen MR) is 99.9 cm³/mol. The third-order valence-corrected chi connectivity index (χ3v) is 4.71. The van der Waals surface area contributed by atoms with Crippen molar-refractivity contribution in [2.75, 3.05) is 17.2 Å². The number of rotatable bonds is 3. The number of hydrogen-bond acceptors (Lipinski definition) is 3. The SMILES string of the molecule is Cc1ccc(N)cc1C(=O)NC1CCCN(c2ccccc2Cl)C1=O. The van der Waals surface area contributed by atoms with E-state index in [1.807, 2.05) is 25.1 Å². The molecule has 0 aromatic heterocycles. The fourth-order valence-electron chi connectivity index (χ4n) is 3.04. The molecule has 130 valence electrons. The summed E-state index contributed by atoms with van der Waals surface area (Å²) in [5.74, 6) is -0.432. The van der Waals surface area contributed by atoms with Crippen LogP contribution >= 0.6 is 11.6 Å². The van der Waals surface area contributed by atoms with Crippen molar-refractivity contribution in [2.45, 2.75) is 25.8 Å². The molecule has 6 heteroatoms. The third kappa shape index (κ3) is 3.61. The maximum Gasteiger partial charge on any atom is 0.252 e. The minimum absolute atomic E-state index is 0.144. The van der Waals surface area contributed by atoms with Crippen LogP contribution in [0.2, 0.25) is 5.02 Å². The first-order valence-electron chi connectivity index (χ1n) is 8.20. The maximum absolute atomic E-state index is 12.8. The summed E-state index contributed by atoms with van der Waals surface area (Å²) in [6.07, 6.45) is 1.39. The Bertz CT molecular complexity index is 822. The second-order valence-corrected chi connectivity index (χ2v) is 6.59. The minimum atomic E-state index is -0.571. The van der Waals surface area contributed by atoms with E-state index >= 15 is 0 Å². The Kier molecular flexibility index (Phi) is 4.95. The van der Waals surface area contributed by atoms with E-state index in [0.717, 1.165) is 12.0 Å². The highest BCUT2D eigenvalue weighted by atomic mass is 35.5. The highest BCUT2D eigenvalue weighted by Crippen LogP contribution is 2.28. The Morgan fingerprint density at radius 2 is 2.04 bits per heavy atom. The molecule has 1 unspecified atom stereocenters. The number of nitrogen functional groups attached to an aromatic ring is 1. The largest absolute Gasteiger partial charge is 0.399 e. The van der Waals surface area contributed by atoms with Crippen LogP contribution in [-0.4, -0.2) is 24.4 Å². The summed E-state index contributed by atoms with van der Waals surface area (Å²) < 4.78 is 0. The van der Waals surface area contributed by atoms with Crippen LogP contribution in [0.5, 0.6) is 0 Å². The van der Waals surface area contributed by atoms with Gasteiger partial charge in [-0.2, -0.15) is 0 Å². The van der Waals surface area contributed by atoms with Crippen LogP contribution in [0.1, 0.15) is 28.8 Å². The lowest BCUT2D eigenvalue weighted by atomic mass is 10.0. The van der Waals surface area contributed by atoms with Crippen molar-refractivity contribution in [3.8, 4) is 0 Å². The van der Waals surface area contributed by atoms with Gasteiger partial charge in [0.25, 0.3) is 5.91 Å². The molecule has 1 fully saturated rings. The zero-order valence-corrected chi connectivity index (χ0v) is 14.7. The molecule has 3 rings (SSSR count). The van der Waals surface area contributed by atoms with Crippen LogP contribution in [0.15, 0.2) is 42.5 Å². The lowest BCUT2D eigenvalue weighted by Crippen LogP contribution is -2.52. The predicted octanol–water partition coefficient (Wildman–Crippen LogP) is 3.16. The molecule has 1 aliphatic heterocycles. The summed E-state index contributed by atoms with van der Waals surface area (Å²) in [5.41, 5.74) is 8.27. The van der Waals surface area contributed by atoms with Crippen molar-refractivity contribution in [3.63, 3.8) is 0 Å². The Morgan fingerprint density at radius 1 is 1.28 bits per heavy atom. The number of aryl methyl sites for hydroxylation is 1. The summed E-state index contributed by atoms with van der Waals surface area (Å²) in [5, 5.41) is 3.37. The fraction of sp³-hybridized carbons (Fsp3) is 0.263. The molecule has 5 nitrogen and oxygen atoms in total. The van der Waals surface area contributed by atoms with E-state index < -0.39 is 6.04 Å². The first kappa shape index (κ1) is 17.3. The molecule has 2 aromatic rings. The van der Waals surface area contributed by atoms with Crippen molar-refractivity contribution < 1.29 is 9.59 Å². The molecule has 1 saturated heterocycles. The number of carbonyl (C=O) groups excluding carboxylic acids is 2. The molecular formula is C19H20ClN3O2. The van der Waals surface area contributed by atoms with Gasteiger partial charge in [0.1, 0.15) is 6.04 Å². The standard InChI is InChI=1S/C19H20ClN3O2/c1-12-8-9-13(21)11-14(12)18(24)22-16-6-4-10-23(19(16)25)17-7-3-2-5-15(17)20/h2-3,5,7-9,11,16H,4,6,10,21H2,1H3,(H,22,24). The molecule has 1 atom stereocenters. The molecule has 2 aromatic carbocycles. The summed E-state index contributed by atoms with van der Waals surface area (Å²) >= 11 is 6.22. The van der Waals surface area contributed by atoms with Crippen molar-refractivity contribution in [2.24, 2.45) is 0 Å². The number of nitrogens with one attached hydrogen (secondary N) is 1. The van der Waals surface area contributed by atoms with Gasteiger partial charge in [-0.05, 0) is 49.6 Å². The van der Waals surface area contributed by atoms with Gasteiger partial charge in [-0.25, -0.2) is 0 Å². The first-order chi connectivity index (χ1) is 12.0. The van der Waals surface area contributed by atoms with Crippen LogP contribution in [0.3, 0.4) is 0 Å². The molecule has 25 heavy (non-hydrogen) atoms. The van der Waals surface area contributed by atoms with Gasteiger partial charge in [0.05, 0.1) is 10.7 Å². The molecule has 1 heterocycles. The van der Waals surface area contributed by atoms with E-state index in [0.29, 0.717) is 34.9 Å². The number of carbonyl (C=O) groups is 2. The summed E-state index contributed by atoms with van der Waals surface area (Å²) in [4.78, 5) is 27.0. The van der Waals surface area contributed by atoms with E-state index in [2.05, 4.69) is 5.32 Å². The number of nitrogens with two attached hydrogens (primary N) is 1. The van der Waals surface area contributed by atoms with Gasteiger partial charge >= 0.3 is 0 Å². The van der Waals surface area contributed by atoms with Crippen LogP contribution in [0.4, 0.5) is 11.4 Å². The van der Waals surface area contributed by atoms with Crippen LogP contribution in [-0.2, 0) is 4.79 Å². The quantitative estimate of drug-likeness (QED) is 0.828. The second kappa shape index (κ2) is 7.15. The number of nitrogens with zero attached hydrogens (tertiary/aromatic N) is 1. The maximum atomic E-state index is 12.8. The van der Waals surface area contributed by atoms with E-state index in [9.17, 15) is 9.59 Å². The van der Waals surface area contributed by atoms with Crippen LogP contribution < -0.4 is 16.0 Å². The Labute approximate surface area is 151 Å². The topological polar surface area (TPSA) is 75.4 Å². The number of amides is 2. The Hall–Kier alpha value is -2.53. The van der Waals surface area contributed by atoms with Crippen molar-refractivity contribution in [3.05, 3.63) is 58.6 Å². The number of hydrogen-bond donors (Lipinski definition) is 2. The van der Waals surface area contributed by atoms with Gasteiger partial charge in [0.15, 0.2) is 0 Å². The number of piperidine rings is 1. The average Bonchev–Trinajstić information content (AvgIpc) is 2.59. The molecule has 1 aliphatic rings. The molecule has 0 bridgehead atoms. The summed E-state index contributed by atoms with van der Waals surface area (Å²) in [6.45, 7) is 2.43. The molecule has 0 aliphatic carbocycles. The fourth-order valence-corrected chi connectivity index (χ4v) is 3.28. The molecular weight excluding hydrogens is 338 g/mol. The molecule has 2 amide bonds. The number of anilines is 2. The highest BCUT2D eigenvalue weighted by Gasteiger charge is 2.32. The monoisotopic (exact) mass is 357 g/mol. The zero-order valence-electron chi connectivity index (χ0n) is 14.0. The third-order valence-electron chi connectivity index (χ3n) is 4.39. The number of benzene rings is 2. The normalized spacial score (nSPS) is 17.4. The Morgan fingerprint density at radius 3 is 2.80 bits per heavy atom. The zero-order chi connectivity index (χ0) is 18.0. The van der Waals surface area contributed by atoms with E-state index in [1.54, 1.807) is 29.2 Å². The highest BCUT2D eigenvalue weighted by molar-refractivity contribution is 6.33. The van der Waals surface area contributed by atoms with Gasteiger partial charge in [-0.1, -0.05) is 29.8 Å². The molecule has 0 radical (unpaired) electrons. The summed E-state index contributed by atoms with van der Waals surface area (Å²) in [6, 6.07) is 11.8. The number of para-hydroxylation sites is 1. The molecule has 3 N–H and O–H groups in total. The number of halogens is 1. The van der Waals surface area contributed by atoms with E-state index in [4.69, 9.17) is 17.3 Å². The first-order valence-corrected chi connectivity index (χ1v) is 8.58. The second-order valence-electron chi connectivity index (χ2n) is 6.18. The van der Waals surface area contributed by atoms with Crippen molar-refractivity contribution in [1.82, 2.24) is 5.32 Å². The summed E-state index contributed by atoms with van der Waals surface area (Å²) in [7, 11) is 0. The van der Waals surface area contributed by atoms with Gasteiger partial charge in [0.2, 0.25) is 5.91 Å². The molecule has 0 spiro atoms. The van der Waals surface area contributed by atoms with Crippen molar-refractivity contribution in [1.29, 1.82) is 0 Å². The van der Waals surface area contributed by atoms with Crippen LogP contribution in [0.25, 0.3) is 0 Å². The lowest BCUT2D eigenvalue weighted by Gasteiger charge is -2.33. The minimum Gasteiger partial charge on any atom is -0.399 e. The van der Waals surface area contributed by atoms with E-state index in [-0.39, 0.29) is 11.8 Å². The average molecular weight is 358 g/mol. The van der Waals surface area contributed by atoms with Gasteiger partial charge in [-0.15, -0.1) is 0 Å².